The number of nitrogens with one attached hydrogen (secondary N) is 3. The van der Waals surface area contributed by atoms with E-state index in [4.69, 9.17) is 16.3 Å². The molecule has 0 aliphatic carbocycles. The summed E-state index contributed by atoms with van der Waals surface area (Å²) in [6.45, 7) is 1.99. The molecule has 0 radical (unpaired) electrons. The minimum atomic E-state index is -0.402. The van der Waals surface area contributed by atoms with Crippen molar-refractivity contribution >= 4 is 40.4 Å². The Labute approximate surface area is 154 Å². The van der Waals surface area contributed by atoms with Crippen LogP contribution in [0.2, 0.25) is 5.02 Å². The van der Waals surface area contributed by atoms with Gasteiger partial charge in [-0.2, -0.15) is 0 Å². The summed E-state index contributed by atoms with van der Waals surface area (Å²) in [4.78, 5) is 25.6. The van der Waals surface area contributed by atoms with E-state index < -0.39 is 6.04 Å². The fourth-order valence-electron chi connectivity index (χ4n) is 2.42. The lowest BCUT2D eigenvalue weighted by Crippen LogP contribution is -2.48. The van der Waals surface area contributed by atoms with Gasteiger partial charge < -0.3 is 20.7 Å². The standard InChI is InChI=1S/C17H18ClN3O3S/c18-14-4-3-11(21-17(23)15-10-24-6-5-19-15)8-13(14)16(22)20-9-12-2-1-7-25-12/h1-4,7-8,15,19H,5-6,9-10H2,(H,20,22)(H,21,23). The van der Waals surface area contributed by atoms with Crippen LogP contribution in [0.3, 0.4) is 0 Å². The Bertz CT molecular complexity index is 746. The molecule has 1 aliphatic heterocycles. The minimum absolute atomic E-state index is 0.202. The minimum Gasteiger partial charge on any atom is -0.378 e. The summed E-state index contributed by atoms with van der Waals surface area (Å²) < 4.78 is 5.28. The van der Waals surface area contributed by atoms with Crippen LogP contribution in [-0.4, -0.2) is 37.6 Å². The molecule has 0 spiro atoms. The highest BCUT2D eigenvalue weighted by Gasteiger charge is 2.21. The second-order valence-electron chi connectivity index (χ2n) is 5.53. The van der Waals surface area contributed by atoms with Gasteiger partial charge in [-0.3, -0.25) is 9.59 Å². The van der Waals surface area contributed by atoms with Gasteiger partial charge in [-0.05, 0) is 29.6 Å². The molecule has 1 saturated heterocycles. The monoisotopic (exact) mass is 379 g/mol. The van der Waals surface area contributed by atoms with Crippen LogP contribution in [0.1, 0.15) is 15.2 Å². The SMILES string of the molecule is O=C(NCc1cccs1)c1cc(NC(=O)C2COCCN2)ccc1Cl. The normalized spacial score (nSPS) is 17.1. The smallest absolute Gasteiger partial charge is 0.253 e. The van der Waals surface area contributed by atoms with Gasteiger partial charge in [-0.25, -0.2) is 0 Å². The van der Waals surface area contributed by atoms with Gasteiger partial charge in [0.1, 0.15) is 6.04 Å². The average Bonchev–Trinajstić information content (AvgIpc) is 3.15. The average molecular weight is 380 g/mol. The van der Waals surface area contributed by atoms with Crippen LogP contribution in [-0.2, 0) is 16.1 Å². The third-order valence-electron chi connectivity index (χ3n) is 3.72. The predicted molar refractivity (Wildman–Crippen MR) is 98.2 cm³/mol. The first-order chi connectivity index (χ1) is 12.1. The molecule has 3 N–H and O–H groups in total. The van der Waals surface area contributed by atoms with Crippen molar-refractivity contribution < 1.29 is 14.3 Å². The lowest BCUT2D eigenvalue weighted by atomic mass is 10.1. The molecule has 8 heteroatoms. The maximum atomic E-state index is 12.4. The molecule has 132 valence electrons. The molecule has 0 saturated carbocycles. The largest absolute Gasteiger partial charge is 0.378 e. The van der Waals surface area contributed by atoms with Crippen LogP contribution in [0.15, 0.2) is 35.7 Å². The van der Waals surface area contributed by atoms with Crippen molar-refractivity contribution in [1.29, 1.82) is 0 Å². The molecular weight excluding hydrogens is 362 g/mol. The van der Waals surface area contributed by atoms with E-state index in [2.05, 4.69) is 16.0 Å². The molecule has 25 heavy (non-hydrogen) atoms. The van der Waals surface area contributed by atoms with Crippen molar-refractivity contribution in [3.63, 3.8) is 0 Å². The molecule has 6 nitrogen and oxygen atoms in total. The van der Waals surface area contributed by atoms with E-state index in [9.17, 15) is 9.59 Å². The summed E-state index contributed by atoms with van der Waals surface area (Å²) in [5.41, 5.74) is 0.840. The summed E-state index contributed by atoms with van der Waals surface area (Å²) >= 11 is 7.70. The van der Waals surface area contributed by atoms with E-state index in [1.165, 1.54) is 0 Å². The second-order valence-corrected chi connectivity index (χ2v) is 6.97. The molecule has 3 rings (SSSR count). The van der Waals surface area contributed by atoms with E-state index in [-0.39, 0.29) is 11.8 Å². The van der Waals surface area contributed by atoms with Gasteiger partial charge in [0.25, 0.3) is 5.91 Å². The topological polar surface area (TPSA) is 79.5 Å². The Morgan fingerprint density at radius 3 is 2.96 bits per heavy atom. The van der Waals surface area contributed by atoms with Gasteiger partial charge in [0.2, 0.25) is 5.91 Å². The fraction of sp³-hybridized carbons (Fsp3) is 0.294. The molecule has 1 aromatic heterocycles. The number of anilines is 1. The van der Waals surface area contributed by atoms with Crippen molar-refractivity contribution in [1.82, 2.24) is 10.6 Å². The third kappa shape index (κ3) is 4.79. The van der Waals surface area contributed by atoms with Gasteiger partial charge >= 0.3 is 0 Å². The summed E-state index contributed by atoms with van der Waals surface area (Å²) in [5, 5.41) is 11.0. The zero-order valence-corrected chi connectivity index (χ0v) is 15.0. The number of benzene rings is 1. The molecule has 0 bridgehead atoms. The second kappa shape index (κ2) is 8.44. The van der Waals surface area contributed by atoms with Crippen LogP contribution in [0.25, 0.3) is 0 Å². The lowest BCUT2D eigenvalue weighted by Gasteiger charge is -2.23. The van der Waals surface area contributed by atoms with Gasteiger partial charge in [-0.15, -0.1) is 11.3 Å². The first-order valence-corrected chi connectivity index (χ1v) is 9.11. The first kappa shape index (κ1) is 17.9. The Morgan fingerprint density at radius 1 is 1.36 bits per heavy atom. The Balaban J connectivity index is 1.64. The van der Waals surface area contributed by atoms with Gasteiger partial charge in [0.15, 0.2) is 0 Å². The number of carbonyl (C=O) groups is 2. The molecule has 1 aliphatic rings. The predicted octanol–water partition coefficient (Wildman–Crippen LogP) is 2.26. The van der Waals surface area contributed by atoms with Gasteiger partial charge in [0.05, 0.1) is 30.3 Å². The molecule has 2 heterocycles. The maximum absolute atomic E-state index is 12.4. The molecule has 1 unspecified atom stereocenters. The van der Waals surface area contributed by atoms with Crippen LogP contribution in [0.4, 0.5) is 5.69 Å². The molecular formula is C17H18ClN3O3S. The Hall–Kier alpha value is -1.93. The Kier molecular flexibility index (Phi) is 6.04. The number of ether oxygens (including phenoxy) is 1. The van der Waals surface area contributed by atoms with Crippen LogP contribution in [0.5, 0.6) is 0 Å². The molecule has 2 amide bonds. The van der Waals surface area contributed by atoms with E-state index in [1.807, 2.05) is 17.5 Å². The zero-order valence-electron chi connectivity index (χ0n) is 13.4. The summed E-state index contributed by atoms with van der Waals surface area (Å²) in [6, 6.07) is 8.32. The highest BCUT2D eigenvalue weighted by molar-refractivity contribution is 7.09. The van der Waals surface area contributed by atoms with Crippen LogP contribution >= 0.6 is 22.9 Å². The number of rotatable bonds is 5. The number of morpholine rings is 1. The van der Waals surface area contributed by atoms with E-state index in [1.54, 1.807) is 29.5 Å². The maximum Gasteiger partial charge on any atom is 0.253 e. The number of hydrogen-bond acceptors (Lipinski definition) is 5. The third-order valence-corrected chi connectivity index (χ3v) is 4.93. The van der Waals surface area contributed by atoms with Crippen molar-refractivity contribution in [2.75, 3.05) is 25.1 Å². The molecule has 1 atom stereocenters. The number of halogens is 1. The van der Waals surface area contributed by atoms with E-state index in [0.29, 0.717) is 42.6 Å². The molecule has 1 aromatic carbocycles. The first-order valence-electron chi connectivity index (χ1n) is 7.85. The van der Waals surface area contributed by atoms with E-state index in [0.717, 1.165) is 4.88 Å². The molecule has 1 fully saturated rings. The highest BCUT2D eigenvalue weighted by Crippen LogP contribution is 2.21. The lowest BCUT2D eigenvalue weighted by molar-refractivity contribution is -0.120. The number of carbonyl (C=O) groups excluding carboxylic acids is 2. The van der Waals surface area contributed by atoms with Crippen LogP contribution < -0.4 is 16.0 Å². The van der Waals surface area contributed by atoms with Crippen molar-refractivity contribution in [3.05, 3.63) is 51.2 Å². The summed E-state index contributed by atoms with van der Waals surface area (Å²) in [6.07, 6.45) is 0. The number of thiophene rings is 1. The molecule has 2 aromatic rings. The Morgan fingerprint density at radius 2 is 2.24 bits per heavy atom. The van der Waals surface area contributed by atoms with Crippen molar-refractivity contribution in [3.8, 4) is 0 Å². The van der Waals surface area contributed by atoms with Crippen molar-refractivity contribution in [2.24, 2.45) is 0 Å². The zero-order chi connectivity index (χ0) is 17.6. The quantitative estimate of drug-likeness (QED) is 0.744. The number of hydrogen-bond donors (Lipinski definition) is 3. The van der Waals surface area contributed by atoms with E-state index >= 15 is 0 Å². The van der Waals surface area contributed by atoms with Crippen molar-refractivity contribution in [2.45, 2.75) is 12.6 Å². The van der Waals surface area contributed by atoms with Crippen LogP contribution in [0, 0.1) is 0 Å². The fourth-order valence-corrected chi connectivity index (χ4v) is 3.26. The van der Waals surface area contributed by atoms with Gasteiger partial charge in [0, 0.05) is 17.1 Å². The van der Waals surface area contributed by atoms with Gasteiger partial charge in [-0.1, -0.05) is 17.7 Å². The summed E-state index contributed by atoms with van der Waals surface area (Å²) in [7, 11) is 0. The summed E-state index contributed by atoms with van der Waals surface area (Å²) in [5.74, 6) is -0.486. The number of amides is 2. The highest BCUT2D eigenvalue weighted by atomic mass is 35.5.